The normalized spacial score (nSPS) is 11.1. The Balaban J connectivity index is 0.000000830. The minimum Gasteiger partial charge on any atom is -0.486 e. The van der Waals surface area contributed by atoms with Crippen LogP contribution in [0.2, 0.25) is 0 Å². The smallest absolute Gasteiger partial charge is 0.486 e. The summed E-state index contributed by atoms with van der Waals surface area (Å²) in [5, 5.41) is 0. The van der Waals surface area contributed by atoms with Gasteiger partial charge in [0.05, 0.1) is 13.2 Å². The molecule has 0 aliphatic heterocycles. The van der Waals surface area contributed by atoms with E-state index in [0.29, 0.717) is 39.6 Å². The van der Waals surface area contributed by atoms with E-state index >= 15 is 0 Å². The van der Waals surface area contributed by atoms with Crippen LogP contribution in [0.15, 0.2) is 93.5 Å². The van der Waals surface area contributed by atoms with Crippen molar-refractivity contribution >= 4 is 18.1 Å². The molecule has 0 unspecified atom stereocenters. The zero-order chi connectivity index (χ0) is 26.2. The summed E-state index contributed by atoms with van der Waals surface area (Å²) in [6.45, 7) is 7.53. The van der Waals surface area contributed by atoms with Gasteiger partial charge in [-0.25, -0.2) is 0 Å². The molecule has 0 bridgehead atoms. The summed E-state index contributed by atoms with van der Waals surface area (Å²) in [4.78, 5) is 3.47. The van der Waals surface area contributed by atoms with Crippen LogP contribution in [0.3, 0.4) is 0 Å². The number of hydrogen-bond acceptors (Lipinski definition) is 4. The summed E-state index contributed by atoms with van der Waals surface area (Å²) >= 11 is 0. The fourth-order valence-corrected chi connectivity index (χ4v) is 5.37. The Labute approximate surface area is 213 Å². The molecule has 0 fully saturated rings. The average Bonchev–Trinajstić information content (AvgIpc) is 2.86. The zero-order valence-corrected chi connectivity index (χ0v) is 21.2. The van der Waals surface area contributed by atoms with Gasteiger partial charge in [-0.15, -0.1) is 0 Å². The predicted molar refractivity (Wildman–Crippen MR) is 136 cm³/mol. The lowest BCUT2D eigenvalue weighted by Crippen LogP contribution is -2.13. The van der Waals surface area contributed by atoms with E-state index in [0.717, 1.165) is 21.3 Å². The quantitative estimate of drug-likeness (QED) is 0.105. The molecule has 3 aromatic carbocycles. The average molecular weight is 526 g/mol. The topological polar surface area (TPSA) is 36.9 Å². The summed E-state index contributed by atoms with van der Waals surface area (Å²) in [7, 11) is -6.38. The van der Waals surface area contributed by atoms with Crippen molar-refractivity contribution in [1.82, 2.24) is 0 Å². The van der Waals surface area contributed by atoms with Crippen LogP contribution < -0.4 is 9.47 Å². The number of ether oxygens (including phenoxy) is 4. The van der Waals surface area contributed by atoms with E-state index in [4.69, 9.17) is 18.9 Å². The van der Waals surface area contributed by atoms with Crippen molar-refractivity contribution in [1.29, 1.82) is 0 Å². The van der Waals surface area contributed by atoms with Crippen molar-refractivity contribution < 1.29 is 36.2 Å². The minimum atomic E-state index is -6.00. The monoisotopic (exact) mass is 526 g/mol. The lowest BCUT2D eigenvalue weighted by atomic mass is 10.3. The summed E-state index contributed by atoms with van der Waals surface area (Å²) < 4.78 is 62.2. The van der Waals surface area contributed by atoms with Crippen molar-refractivity contribution in [2.45, 2.75) is 28.5 Å². The van der Waals surface area contributed by atoms with Gasteiger partial charge in [0.25, 0.3) is 0 Å². The number of rotatable bonds is 13. The van der Waals surface area contributed by atoms with Gasteiger partial charge in [0, 0.05) is 13.2 Å². The van der Waals surface area contributed by atoms with Gasteiger partial charge in [-0.3, -0.25) is 0 Å². The zero-order valence-electron chi connectivity index (χ0n) is 20.4. The summed E-state index contributed by atoms with van der Waals surface area (Å²) in [6, 6.07) is 27.0. The molecule has 36 heavy (non-hydrogen) atoms. The van der Waals surface area contributed by atoms with E-state index in [2.05, 4.69) is 48.5 Å². The van der Waals surface area contributed by atoms with E-state index in [9.17, 15) is 17.3 Å². The molecule has 0 amide bonds. The molecule has 3 aromatic rings. The molecular formula is C26H31BF4O4S. The second-order valence-corrected chi connectivity index (χ2v) is 9.06. The van der Waals surface area contributed by atoms with Crippen LogP contribution in [0.5, 0.6) is 11.5 Å². The van der Waals surface area contributed by atoms with Gasteiger partial charge in [-0.1, -0.05) is 42.5 Å². The van der Waals surface area contributed by atoms with Gasteiger partial charge in [0.2, 0.25) is 9.79 Å². The highest BCUT2D eigenvalue weighted by Gasteiger charge is 2.34. The molecule has 4 nitrogen and oxygen atoms in total. The predicted octanol–water partition coefficient (Wildman–Crippen LogP) is 6.91. The summed E-state index contributed by atoms with van der Waals surface area (Å²) in [6.07, 6.45) is 0. The number of benzene rings is 3. The van der Waals surface area contributed by atoms with Crippen molar-refractivity contribution in [2.75, 3.05) is 39.6 Å². The maximum Gasteiger partial charge on any atom is 0.673 e. The summed E-state index contributed by atoms with van der Waals surface area (Å²) in [5.41, 5.74) is 0. The standard InChI is InChI=1S/C26H31O4S.BF4/c1-3-27-18-20-29-23-14-8-10-16-25(23)31(22-12-6-5-7-13-22)26-17-11-9-15-24(26)30-21-19-28-4-2;2-1(3,4)5/h5-17H,3-4,18-21H2,1-2H3;/q+1;-1. The Hall–Kier alpha value is -2.69. The molecular weight excluding hydrogens is 495 g/mol. The molecule has 0 saturated heterocycles. The second-order valence-electron chi connectivity index (χ2n) is 7.10. The largest absolute Gasteiger partial charge is 0.673 e. The molecule has 3 rings (SSSR count). The number of halogens is 4. The molecule has 0 N–H and O–H groups in total. The molecule has 0 heterocycles. The molecule has 0 atom stereocenters. The first kappa shape index (κ1) is 29.5. The van der Waals surface area contributed by atoms with Crippen LogP contribution in [0.1, 0.15) is 13.8 Å². The highest BCUT2D eigenvalue weighted by atomic mass is 32.2. The lowest BCUT2D eigenvalue weighted by molar-refractivity contribution is 0.109. The van der Waals surface area contributed by atoms with Crippen LogP contribution in [-0.2, 0) is 20.4 Å². The van der Waals surface area contributed by atoms with Gasteiger partial charge in [-0.05, 0) is 50.2 Å². The maximum atomic E-state index is 9.75. The third-order valence-corrected chi connectivity index (χ3v) is 6.79. The maximum absolute atomic E-state index is 9.75. The number of hydrogen-bond donors (Lipinski definition) is 0. The number of para-hydroxylation sites is 2. The van der Waals surface area contributed by atoms with Crippen LogP contribution in [-0.4, -0.2) is 46.9 Å². The fourth-order valence-electron chi connectivity index (χ4n) is 3.11. The SMILES string of the molecule is CCOCCOc1ccccc1[S+](c1ccccc1)c1ccccc1OCCOCC.F[B-](F)(F)F. The van der Waals surface area contributed by atoms with Crippen LogP contribution in [0.25, 0.3) is 0 Å². The van der Waals surface area contributed by atoms with Crippen molar-refractivity contribution in [3.63, 3.8) is 0 Å². The molecule has 0 saturated carbocycles. The van der Waals surface area contributed by atoms with E-state index in [1.165, 1.54) is 4.90 Å². The first-order chi connectivity index (χ1) is 17.3. The van der Waals surface area contributed by atoms with Gasteiger partial charge in [0.15, 0.2) is 16.4 Å². The van der Waals surface area contributed by atoms with Crippen molar-refractivity contribution in [2.24, 2.45) is 0 Å². The Bertz CT molecular complexity index is 947. The third kappa shape index (κ3) is 10.9. The second kappa shape index (κ2) is 16.1. The molecule has 0 radical (unpaired) electrons. The molecule has 0 aliphatic rings. The Morgan fingerprint density at radius 3 is 1.39 bits per heavy atom. The Kier molecular flexibility index (Phi) is 13.2. The fraction of sp³-hybridized carbons (Fsp3) is 0.308. The Morgan fingerprint density at radius 1 is 0.583 bits per heavy atom. The first-order valence-corrected chi connectivity index (χ1v) is 12.8. The van der Waals surface area contributed by atoms with Crippen molar-refractivity contribution in [3.05, 3.63) is 78.9 Å². The van der Waals surface area contributed by atoms with Crippen LogP contribution in [0, 0.1) is 0 Å². The van der Waals surface area contributed by atoms with Gasteiger partial charge in [-0.2, -0.15) is 0 Å². The van der Waals surface area contributed by atoms with E-state index in [1.807, 2.05) is 44.2 Å². The van der Waals surface area contributed by atoms with E-state index in [1.54, 1.807) is 0 Å². The van der Waals surface area contributed by atoms with Crippen LogP contribution >= 0.6 is 0 Å². The minimum absolute atomic E-state index is 0.384. The highest BCUT2D eigenvalue weighted by molar-refractivity contribution is 7.97. The molecule has 196 valence electrons. The molecule has 0 aromatic heterocycles. The molecule has 0 spiro atoms. The first-order valence-electron chi connectivity index (χ1n) is 11.6. The van der Waals surface area contributed by atoms with Gasteiger partial charge < -0.3 is 36.2 Å². The summed E-state index contributed by atoms with van der Waals surface area (Å²) in [5.74, 6) is 1.75. The van der Waals surface area contributed by atoms with Gasteiger partial charge >= 0.3 is 7.25 Å². The highest BCUT2D eigenvalue weighted by Crippen LogP contribution is 2.40. The van der Waals surface area contributed by atoms with Crippen molar-refractivity contribution in [3.8, 4) is 11.5 Å². The van der Waals surface area contributed by atoms with E-state index < -0.39 is 7.25 Å². The molecule has 10 heteroatoms. The van der Waals surface area contributed by atoms with E-state index in [-0.39, 0.29) is 10.9 Å². The Morgan fingerprint density at radius 2 is 0.972 bits per heavy atom. The molecule has 0 aliphatic carbocycles. The van der Waals surface area contributed by atoms with Crippen LogP contribution in [0.4, 0.5) is 17.3 Å². The third-order valence-electron chi connectivity index (χ3n) is 4.50. The lowest BCUT2D eigenvalue weighted by Gasteiger charge is -2.15. The van der Waals surface area contributed by atoms with Gasteiger partial charge in [0.1, 0.15) is 24.1 Å².